The molecule has 0 bridgehead atoms. The van der Waals surface area contributed by atoms with Gasteiger partial charge in [0.2, 0.25) is 0 Å². The fourth-order valence-corrected chi connectivity index (χ4v) is 4.67. The van der Waals surface area contributed by atoms with E-state index in [4.69, 9.17) is 9.11 Å². The van der Waals surface area contributed by atoms with E-state index in [0.29, 0.717) is 5.01 Å². The number of esters is 1. The molecule has 0 saturated heterocycles. The third-order valence-corrected chi connectivity index (χ3v) is 7.43. The van der Waals surface area contributed by atoms with E-state index >= 15 is 0 Å². The molecule has 1 aromatic heterocycles. The number of rotatable bonds is 8. The third-order valence-electron chi connectivity index (χ3n) is 5.69. The van der Waals surface area contributed by atoms with Crippen LogP contribution >= 0.6 is 0 Å². The Kier molecular flexibility index (Phi) is 7.81. The molecule has 2 aromatic carbocycles. The monoisotopic (exact) mass is 618 g/mol. The number of nitrogens with zero attached hydrogens (tertiary/aromatic N) is 3. The summed E-state index contributed by atoms with van der Waals surface area (Å²) < 4.78 is 69.0. The Morgan fingerprint density at radius 1 is 0.905 bits per heavy atom. The number of carboxylic acid groups (broad SMARTS) is 1. The van der Waals surface area contributed by atoms with Crippen molar-refractivity contribution in [1.82, 2.24) is 9.78 Å². The van der Waals surface area contributed by atoms with Crippen LogP contribution < -0.4 is 10.6 Å². The van der Waals surface area contributed by atoms with Gasteiger partial charge in [-0.05, 0) is 60.7 Å². The molecule has 1 aliphatic heterocycles. The minimum atomic E-state index is -4.52. The van der Waals surface area contributed by atoms with Crippen molar-refractivity contribution in [2.24, 2.45) is 5.10 Å². The molecular weight excluding hydrogens is 600 g/mol. The molecule has 0 atom stereocenters. The van der Waals surface area contributed by atoms with Gasteiger partial charge >= 0.3 is 11.9 Å². The van der Waals surface area contributed by atoms with Gasteiger partial charge in [-0.15, -0.1) is 0 Å². The molecule has 0 spiro atoms. The number of amides is 1. The number of hydrogen-bond donors (Lipinski definition) is 4. The number of carbonyl (C=O) groups is 3. The predicted molar refractivity (Wildman–Crippen MR) is 143 cm³/mol. The molecular formula is C24H18N4O12S2. The first-order valence-corrected chi connectivity index (χ1v) is 14.2. The highest BCUT2D eigenvalue weighted by atomic mass is 32.2. The molecule has 18 heteroatoms. The highest BCUT2D eigenvalue weighted by Gasteiger charge is 2.35. The van der Waals surface area contributed by atoms with Gasteiger partial charge in [-0.25, -0.2) is 14.3 Å². The van der Waals surface area contributed by atoms with Gasteiger partial charge in [-0.3, -0.25) is 23.8 Å². The van der Waals surface area contributed by atoms with Crippen LogP contribution in [0.3, 0.4) is 0 Å². The Morgan fingerprint density at radius 3 is 1.90 bits per heavy atom. The molecule has 4 rings (SSSR count). The van der Waals surface area contributed by atoms with Gasteiger partial charge in [-0.2, -0.15) is 26.9 Å². The first kappa shape index (κ1) is 29.8. The molecule has 3 aromatic rings. The number of aromatic amines is 1. The standard InChI is InChI=1S/C24H18N4O12S2/c1-40-24(33)20-18(22(30)28(26-20)14-7-11-16(12-8-14)42(37,38)39)4-2-3-17-19(23(31)32)25-27(21(17)29)13-5-9-15(10-6-13)41(34,35)36/h2-12,26H,1H3,(H,31,32)(H,34,35,36)(H,37,38,39). The van der Waals surface area contributed by atoms with Crippen LogP contribution in [0, 0.1) is 0 Å². The molecule has 16 nitrogen and oxygen atoms in total. The van der Waals surface area contributed by atoms with E-state index in [1.54, 1.807) is 0 Å². The van der Waals surface area contributed by atoms with E-state index in [1.807, 2.05) is 0 Å². The maximum absolute atomic E-state index is 13.1. The van der Waals surface area contributed by atoms with Gasteiger partial charge in [0.25, 0.3) is 31.7 Å². The van der Waals surface area contributed by atoms with Crippen LogP contribution in [0.2, 0.25) is 0 Å². The van der Waals surface area contributed by atoms with Gasteiger partial charge < -0.3 is 9.84 Å². The van der Waals surface area contributed by atoms with Crippen molar-refractivity contribution in [3.05, 3.63) is 87.9 Å². The van der Waals surface area contributed by atoms with Crippen molar-refractivity contribution >= 4 is 55.6 Å². The van der Waals surface area contributed by atoms with Crippen LogP contribution in [0.4, 0.5) is 5.69 Å². The van der Waals surface area contributed by atoms with Crippen molar-refractivity contribution in [3.63, 3.8) is 0 Å². The SMILES string of the molecule is COC(=O)c1[nH]n(-c2ccc(S(=O)(=O)O)cc2)c(=O)c1C=CC=C1C(=O)N(c2ccc(S(=O)(=O)O)cc2)N=C1C(=O)O. The lowest BCUT2D eigenvalue weighted by atomic mass is 10.1. The number of hydrogen-bond acceptors (Lipinski definition) is 10. The number of anilines is 1. The average Bonchev–Trinajstić information content (AvgIpc) is 3.44. The summed E-state index contributed by atoms with van der Waals surface area (Å²) in [6, 6.07) is 8.62. The molecule has 0 radical (unpaired) electrons. The number of aromatic nitrogens is 2. The Balaban J connectivity index is 1.71. The number of methoxy groups -OCH3 is 1. The third kappa shape index (κ3) is 5.81. The quantitative estimate of drug-likeness (QED) is 0.156. The summed E-state index contributed by atoms with van der Waals surface area (Å²) in [5.41, 5.74) is -2.44. The number of nitrogens with one attached hydrogen (secondary N) is 1. The van der Waals surface area contributed by atoms with Crippen LogP contribution in [0.5, 0.6) is 0 Å². The number of hydrazone groups is 1. The summed E-state index contributed by atoms with van der Waals surface area (Å²) >= 11 is 0. The summed E-state index contributed by atoms with van der Waals surface area (Å²) in [6.07, 6.45) is 3.23. The number of carbonyl (C=O) groups excluding carboxylic acids is 2. The molecule has 0 saturated carbocycles. The minimum absolute atomic E-state index is 0.0138. The molecule has 0 fully saturated rings. The van der Waals surface area contributed by atoms with Crippen molar-refractivity contribution in [1.29, 1.82) is 0 Å². The zero-order valence-electron chi connectivity index (χ0n) is 21.0. The van der Waals surface area contributed by atoms with Crippen LogP contribution in [0.15, 0.2) is 85.9 Å². The summed E-state index contributed by atoms with van der Waals surface area (Å²) in [7, 11) is -7.97. The molecule has 42 heavy (non-hydrogen) atoms. The van der Waals surface area contributed by atoms with E-state index in [0.717, 1.165) is 66.4 Å². The predicted octanol–water partition coefficient (Wildman–Crippen LogP) is 0.873. The first-order chi connectivity index (χ1) is 19.6. The molecule has 1 amide bonds. The fraction of sp³-hybridized carbons (Fsp3) is 0.0417. The number of benzene rings is 2. The van der Waals surface area contributed by atoms with E-state index < -0.39 is 64.7 Å². The lowest BCUT2D eigenvalue weighted by molar-refractivity contribution is -0.129. The Labute approximate surface area is 235 Å². The molecule has 0 aliphatic carbocycles. The van der Waals surface area contributed by atoms with E-state index in [-0.39, 0.29) is 22.6 Å². The Bertz CT molecular complexity index is 1980. The second-order valence-electron chi connectivity index (χ2n) is 8.28. The largest absolute Gasteiger partial charge is 0.476 e. The van der Waals surface area contributed by atoms with E-state index in [9.17, 15) is 41.1 Å². The normalized spacial score (nSPS) is 14.9. The highest BCUT2D eigenvalue weighted by molar-refractivity contribution is 7.86. The van der Waals surface area contributed by atoms with Gasteiger partial charge in [0, 0.05) is 0 Å². The van der Waals surface area contributed by atoms with E-state index in [2.05, 4.69) is 14.9 Å². The van der Waals surface area contributed by atoms with Crippen molar-refractivity contribution < 1.29 is 50.2 Å². The van der Waals surface area contributed by atoms with Crippen molar-refractivity contribution in [2.75, 3.05) is 12.1 Å². The summed E-state index contributed by atoms with van der Waals surface area (Å²) in [5, 5.41) is 16.5. The molecule has 218 valence electrons. The molecule has 2 heterocycles. The number of aliphatic carboxylic acids is 1. The Hall–Kier alpha value is -5.17. The highest BCUT2D eigenvalue weighted by Crippen LogP contribution is 2.25. The van der Waals surface area contributed by atoms with Gasteiger partial charge in [0.1, 0.15) is 0 Å². The lowest BCUT2D eigenvalue weighted by Crippen LogP contribution is -2.22. The number of H-pyrrole nitrogens is 1. The summed E-state index contributed by atoms with van der Waals surface area (Å²) in [5.74, 6) is -3.46. The lowest BCUT2D eigenvalue weighted by Gasteiger charge is -2.11. The van der Waals surface area contributed by atoms with Gasteiger partial charge in [0.05, 0.1) is 39.4 Å². The van der Waals surface area contributed by atoms with Crippen molar-refractivity contribution in [3.8, 4) is 5.69 Å². The van der Waals surface area contributed by atoms with Crippen LogP contribution in [-0.4, -0.2) is 71.5 Å². The number of allylic oxidation sites excluding steroid dienone is 2. The van der Waals surface area contributed by atoms with Crippen LogP contribution in [-0.2, 0) is 34.6 Å². The topological polar surface area (TPSA) is 243 Å². The second kappa shape index (κ2) is 11.0. The summed E-state index contributed by atoms with van der Waals surface area (Å²) in [6.45, 7) is 0. The van der Waals surface area contributed by atoms with E-state index in [1.165, 1.54) is 12.1 Å². The smallest absolute Gasteiger partial charge is 0.357 e. The zero-order chi connectivity index (χ0) is 31.0. The van der Waals surface area contributed by atoms with Gasteiger partial charge in [0.15, 0.2) is 11.4 Å². The Morgan fingerprint density at radius 2 is 1.43 bits per heavy atom. The van der Waals surface area contributed by atoms with Crippen LogP contribution in [0.1, 0.15) is 16.1 Å². The summed E-state index contributed by atoms with van der Waals surface area (Å²) in [4.78, 5) is 49.3. The fourth-order valence-electron chi connectivity index (χ4n) is 3.71. The van der Waals surface area contributed by atoms with Crippen molar-refractivity contribution in [2.45, 2.75) is 9.79 Å². The molecule has 0 unspecified atom stereocenters. The maximum atomic E-state index is 13.1. The number of ether oxygens (including phenoxy) is 1. The van der Waals surface area contributed by atoms with Crippen LogP contribution in [0.25, 0.3) is 11.8 Å². The second-order valence-corrected chi connectivity index (χ2v) is 11.1. The van der Waals surface area contributed by atoms with Gasteiger partial charge in [-0.1, -0.05) is 6.08 Å². The first-order valence-electron chi connectivity index (χ1n) is 11.3. The molecule has 4 N–H and O–H groups in total. The zero-order valence-corrected chi connectivity index (χ0v) is 22.7. The number of carboxylic acids is 1. The molecule has 1 aliphatic rings. The average molecular weight is 619 g/mol. The maximum Gasteiger partial charge on any atom is 0.357 e. The minimum Gasteiger partial charge on any atom is -0.476 e.